The first-order chi connectivity index (χ1) is 13.7. The molecule has 2 aromatic heterocycles. The summed E-state index contributed by atoms with van der Waals surface area (Å²) >= 11 is 2.61. The van der Waals surface area contributed by atoms with Gasteiger partial charge in [-0.2, -0.15) is 0 Å². The van der Waals surface area contributed by atoms with E-state index in [1.54, 1.807) is 35.9 Å². The number of carbonyl (C=O) groups excluding carboxylic acids is 1. The summed E-state index contributed by atoms with van der Waals surface area (Å²) in [4.78, 5) is 12.1. The van der Waals surface area contributed by atoms with Gasteiger partial charge in [0, 0.05) is 18.3 Å². The first-order valence-electron chi connectivity index (χ1n) is 8.48. The van der Waals surface area contributed by atoms with Crippen LogP contribution in [0.25, 0.3) is 11.4 Å². The molecule has 29 heavy (non-hydrogen) atoms. The SMILES string of the molecule is CCc1nnc(NC(=O)CSc2nnc(-c3ccc(NS(C)(=O)=O)cc3)n2C)s1. The Labute approximate surface area is 176 Å². The maximum absolute atomic E-state index is 12.1. The number of amides is 1. The van der Waals surface area contributed by atoms with E-state index in [1.165, 1.54) is 23.1 Å². The Kier molecular flexibility index (Phi) is 6.49. The molecule has 0 unspecified atom stereocenters. The molecule has 0 spiro atoms. The molecule has 10 nitrogen and oxygen atoms in total. The number of hydrogen-bond donors (Lipinski definition) is 2. The Morgan fingerprint density at radius 1 is 1.17 bits per heavy atom. The quantitative estimate of drug-likeness (QED) is 0.495. The summed E-state index contributed by atoms with van der Waals surface area (Å²) in [5.41, 5.74) is 1.24. The van der Waals surface area contributed by atoms with Gasteiger partial charge in [-0.3, -0.25) is 14.8 Å². The molecule has 0 fully saturated rings. The number of carbonyl (C=O) groups is 1. The van der Waals surface area contributed by atoms with Crippen LogP contribution >= 0.6 is 23.1 Å². The Balaban J connectivity index is 1.62. The van der Waals surface area contributed by atoms with Gasteiger partial charge in [0.25, 0.3) is 0 Å². The second-order valence-corrected chi connectivity index (χ2v) is 9.76. The highest BCUT2D eigenvalue weighted by molar-refractivity contribution is 7.99. The average Bonchev–Trinajstić information content (AvgIpc) is 3.26. The van der Waals surface area contributed by atoms with Gasteiger partial charge in [-0.15, -0.1) is 20.4 Å². The standard InChI is InChI=1S/C16H19N7O3S3/c1-4-13-18-20-15(28-13)17-12(24)9-27-16-21-19-14(23(16)2)10-5-7-11(8-6-10)22-29(3,25)26/h5-8,22H,4,9H2,1-3H3,(H,17,20,24). The molecule has 0 radical (unpaired) electrons. The second kappa shape index (κ2) is 8.88. The van der Waals surface area contributed by atoms with Crippen LogP contribution in [0.2, 0.25) is 0 Å². The lowest BCUT2D eigenvalue weighted by Crippen LogP contribution is -2.14. The highest BCUT2D eigenvalue weighted by Gasteiger charge is 2.14. The van der Waals surface area contributed by atoms with E-state index in [1.807, 2.05) is 6.92 Å². The molecule has 13 heteroatoms. The van der Waals surface area contributed by atoms with E-state index in [-0.39, 0.29) is 11.7 Å². The summed E-state index contributed by atoms with van der Waals surface area (Å²) < 4.78 is 26.8. The van der Waals surface area contributed by atoms with Gasteiger partial charge in [-0.05, 0) is 30.7 Å². The number of sulfonamides is 1. The first kappa shape index (κ1) is 21.2. The largest absolute Gasteiger partial charge is 0.305 e. The third-order valence-electron chi connectivity index (χ3n) is 3.63. The van der Waals surface area contributed by atoms with E-state index in [9.17, 15) is 13.2 Å². The summed E-state index contributed by atoms with van der Waals surface area (Å²) in [5.74, 6) is 0.564. The molecular weight excluding hydrogens is 434 g/mol. The van der Waals surface area contributed by atoms with Crippen molar-refractivity contribution in [3.05, 3.63) is 29.3 Å². The van der Waals surface area contributed by atoms with E-state index < -0.39 is 10.0 Å². The summed E-state index contributed by atoms with van der Waals surface area (Å²) in [7, 11) is -1.53. The lowest BCUT2D eigenvalue weighted by atomic mass is 10.2. The maximum atomic E-state index is 12.1. The van der Waals surface area contributed by atoms with Crippen LogP contribution in [-0.2, 0) is 28.3 Å². The monoisotopic (exact) mass is 453 g/mol. The molecule has 154 valence electrons. The van der Waals surface area contributed by atoms with Crippen LogP contribution in [0.1, 0.15) is 11.9 Å². The number of nitrogens with zero attached hydrogens (tertiary/aromatic N) is 5. The van der Waals surface area contributed by atoms with Crippen molar-refractivity contribution in [2.75, 3.05) is 22.0 Å². The topological polar surface area (TPSA) is 132 Å². The second-order valence-electron chi connectivity index (χ2n) is 6.01. The zero-order valence-electron chi connectivity index (χ0n) is 15.9. The van der Waals surface area contributed by atoms with Crippen molar-refractivity contribution in [1.29, 1.82) is 0 Å². The summed E-state index contributed by atoms with van der Waals surface area (Å²) in [6.45, 7) is 1.98. The predicted octanol–water partition coefficient (Wildman–Crippen LogP) is 2.00. The van der Waals surface area contributed by atoms with Gasteiger partial charge >= 0.3 is 0 Å². The van der Waals surface area contributed by atoms with Gasteiger partial charge < -0.3 is 4.57 Å². The molecule has 1 aromatic carbocycles. The van der Waals surface area contributed by atoms with Gasteiger partial charge in [-0.25, -0.2) is 8.42 Å². The minimum absolute atomic E-state index is 0.157. The van der Waals surface area contributed by atoms with Crippen molar-refractivity contribution < 1.29 is 13.2 Å². The zero-order valence-corrected chi connectivity index (χ0v) is 18.4. The van der Waals surface area contributed by atoms with Gasteiger partial charge in [0.15, 0.2) is 11.0 Å². The minimum atomic E-state index is -3.33. The Hall–Kier alpha value is -2.51. The molecule has 0 saturated carbocycles. The number of aryl methyl sites for hydroxylation is 1. The van der Waals surface area contributed by atoms with Crippen molar-refractivity contribution in [2.45, 2.75) is 18.5 Å². The van der Waals surface area contributed by atoms with Crippen LogP contribution in [0, 0.1) is 0 Å². The molecule has 1 amide bonds. The van der Waals surface area contributed by atoms with E-state index in [4.69, 9.17) is 0 Å². The number of thioether (sulfide) groups is 1. The fourth-order valence-corrected chi connectivity index (χ4v) is 4.30. The molecule has 3 aromatic rings. The number of rotatable bonds is 8. The molecule has 0 aliphatic carbocycles. The predicted molar refractivity (Wildman–Crippen MR) is 114 cm³/mol. The van der Waals surface area contributed by atoms with Crippen molar-refractivity contribution in [3.8, 4) is 11.4 Å². The molecule has 2 heterocycles. The lowest BCUT2D eigenvalue weighted by Gasteiger charge is -2.06. The highest BCUT2D eigenvalue weighted by atomic mass is 32.2. The minimum Gasteiger partial charge on any atom is -0.305 e. The van der Waals surface area contributed by atoms with Gasteiger partial charge in [-0.1, -0.05) is 30.0 Å². The summed E-state index contributed by atoms with van der Waals surface area (Å²) in [6, 6.07) is 6.80. The zero-order chi connectivity index (χ0) is 21.0. The number of nitrogens with one attached hydrogen (secondary N) is 2. The number of anilines is 2. The van der Waals surface area contributed by atoms with Gasteiger partial charge in [0.1, 0.15) is 5.01 Å². The van der Waals surface area contributed by atoms with E-state index >= 15 is 0 Å². The Bertz CT molecular complexity index is 1110. The molecule has 0 atom stereocenters. The average molecular weight is 454 g/mol. The Morgan fingerprint density at radius 3 is 2.52 bits per heavy atom. The smallest absolute Gasteiger partial charge is 0.236 e. The van der Waals surface area contributed by atoms with Crippen LogP contribution in [0.5, 0.6) is 0 Å². The molecule has 0 saturated heterocycles. The highest BCUT2D eigenvalue weighted by Crippen LogP contribution is 2.24. The van der Waals surface area contributed by atoms with E-state index in [2.05, 4.69) is 30.4 Å². The molecule has 0 bridgehead atoms. The van der Waals surface area contributed by atoms with Crippen LogP contribution in [0.4, 0.5) is 10.8 Å². The molecule has 0 aliphatic heterocycles. The van der Waals surface area contributed by atoms with Crippen LogP contribution in [0.3, 0.4) is 0 Å². The Morgan fingerprint density at radius 2 is 1.90 bits per heavy atom. The van der Waals surface area contributed by atoms with Gasteiger partial charge in [0.05, 0.1) is 12.0 Å². The van der Waals surface area contributed by atoms with E-state index in [0.717, 1.165) is 23.2 Å². The van der Waals surface area contributed by atoms with Crippen molar-refractivity contribution in [1.82, 2.24) is 25.0 Å². The maximum Gasteiger partial charge on any atom is 0.236 e. The first-order valence-corrected chi connectivity index (χ1v) is 12.2. The third-order valence-corrected chi connectivity index (χ3v) is 6.24. The van der Waals surface area contributed by atoms with Crippen molar-refractivity contribution in [2.24, 2.45) is 7.05 Å². The number of benzene rings is 1. The molecule has 2 N–H and O–H groups in total. The van der Waals surface area contributed by atoms with Gasteiger partial charge in [0.2, 0.25) is 21.1 Å². The van der Waals surface area contributed by atoms with E-state index in [0.29, 0.717) is 21.8 Å². The fourth-order valence-electron chi connectivity index (χ4n) is 2.33. The summed E-state index contributed by atoms with van der Waals surface area (Å²) in [6.07, 6.45) is 1.87. The third kappa shape index (κ3) is 5.74. The van der Waals surface area contributed by atoms with Crippen LogP contribution < -0.4 is 10.0 Å². The molecule has 3 rings (SSSR count). The lowest BCUT2D eigenvalue weighted by molar-refractivity contribution is -0.113. The number of aromatic nitrogens is 5. The molecule has 0 aliphatic rings. The normalized spacial score (nSPS) is 11.4. The van der Waals surface area contributed by atoms with Crippen LogP contribution in [0.15, 0.2) is 29.4 Å². The number of hydrogen-bond acceptors (Lipinski definition) is 9. The van der Waals surface area contributed by atoms with Crippen molar-refractivity contribution in [3.63, 3.8) is 0 Å². The molecular formula is C16H19N7O3S3. The van der Waals surface area contributed by atoms with Crippen LogP contribution in [-0.4, -0.2) is 51.3 Å². The fraction of sp³-hybridized carbons (Fsp3) is 0.312. The van der Waals surface area contributed by atoms with Crippen molar-refractivity contribution >= 4 is 49.8 Å². The summed E-state index contributed by atoms with van der Waals surface area (Å²) in [5, 5.41) is 20.8.